The van der Waals surface area contributed by atoms with E-state index in [-0.39, 0.29) is 12.1 Å². The molecular formula is C13H19NO2. The average molecular weight is 221 g/mol. The van der Waals surface area contributed by atoms with Crippen molar-refractivity contribution in [3.8, 4) is 5.75 Å². The van der Waals surface area contributed by atoms with Crippen molar-refractivity contribution in [3.63, 3.8) is 0 Å². The molecule has 3 heteroatoms. The third-order valence-electron chi connectivity index (χ3n) is 3.22. The van der Waals surface area contributed by atoms with Gasteiger partial charge in [0.1, 0.15) is 12.4 Å². The van der Waals surface area contributed by atoms with Crippen molar-refractivity contribution in [2.45, 2.75) is 25.3 Å². The summed E-state index contributed by atoms with van der Waals surface area (Å²) in [6, 6.07) is 8.14. The van der Waals surface area contributed by atoms with Gasteiger partial charge in [0, 0.05) is 5.54 Å². The number of aliphatic hydroxyl groups excluding tert-OH is 1. The predicted molar refractivity (Wildman–Crippen MR) is 63.6 cm³/mol. The third-order valence-corrected chi connectivity index (χ3v) is 3.22. The van der Waals surface area contributed by atoms with E-state index in [9.17, 15) is 0 Å². The molecule has 1 fully saturated rings. The molecule has 0 bridgehead atoms. The molecule has 1 unspecified atom stereocenters. The van der Waals surface area contributed by atoms with Crippen LogP contribution in [0.4, 0.5) is 0 Å². The lowest BCUT2D eigenvalue weighted by atomic mass is 9.91. The molecule has 1 aliphatic heterocycles. The number of ether oxygens (including phenoxy) is 1. The largest absolute Gasteiger partial charge is 0.491 e. The van der Waals surface area contributed by atoms with Crippen molar-refractivity contribution < 1.29 is 9.84 Å². The monoisotopic (exact) mass is 221 g/mol. The molecule has 0 amide bonds. The van der Waals surface area contributed by atoms with Crippen LogP contribution in [0.15, 0.2) is 24.3 Å². The van der Waals surface area contributed by atoms with Gasteiger partial charge in [0.2, 0.25) is 0 Å². The summed E-state index contributed by atoms with van der Waals surface area (Å²) in [5, 5.41) is 12.2. The summed E-state index contributed by atoms with van der Waals surface area (Å²) in [5.41, 5.74) is 1.43. The summed E-state index contributed by atoms with van der Waals surface area (Å²) in [6.07, 6.45) is 2.42. The summed E-state index contributed by atoms with van der Waals surface area (Å²) in [7, 11) is 0. The fraction of sp³-hybridized carbons (Fsp3) is 0.538. The second-order valence-corrected chi connectivity index (χ2v) is 4.46. The Morgan fingerprint density at radius 3 is 2.69 bits per heavy atom. The van der Waals surface area contributed by atoms with Crippen LogP contribution in [0.2, 0.25) is 0 Å². The SMILES string of the molecule is CC1(c2ccc(OCCO)cc2)CCCN1. The van der Waals surface area contributed by atoms with Crippen LogP contribution in [0, 0.1) is 0 Å². The molecule has 1 aliphatic rings. The standard InChI is InChI=1S/C13H19NO2/c1-13(7-2-8-14-13)11-3-5-12(6-4-11)16-10-9-15/h3-6,14-15H,2,7-10H2,1H3. The smallest absolute Gasteiger partial charge is 0.119 e. The molecular weight excluding hydrogens is 202 g/mol. The van der Waals surface area contributed by atoms with Crippen LogP contribution in [0.3, 0.4) is 0 Å². The van der Waals surface area contributed by atoms with Crippen LogP contribution in [0.25, 0.3) is 0 Å². The zero-order valence-corrected chi connectivity index (χ0v) is 9.70. The van der Waals surface area contributed by atoms with Gasteiger partial charge in [-0.15, -0.1) is 0 Å². The first-order chi connectivity index (χ1) is 7.74. The molecule has 3 nitrogen and oxygen atoms in total. The van der Waals surface area contributed by atoms with E-state index in [0.29, 0.717) is 6.61 Å². The van der Waals surface area contributed by atoms with Crippen molar-refractivity contribution in [3.05, 3.63) is 29.8 Å². The fourth-order valence-electron chi connectivity index (χ4n) is 2.22. The van der Waals surface area contributed by atoms with Gasteiger partial charge in [-0.2, -0.15) is 0 Å². The first-order valence-corrected chi connectivity index (χ1v) is 5.84. The van der Waals surface area contributed by atoms with Crippen molar-refractivity contribution in [1.29, 1.82) is 0 Å². The van der Waals surface area contributed by atoms with Gasteiger partial charge in [-0.05, 0) is 44.0 Å². The Kier molecular flexibility index (Phi) is 3.46. The molecule has 0 aromatic heterocycles. The van der Waals surface area contributed by atoms with Crippen LogP contribution in [-0.2, 0) is 5.54 Å². The van der Waals surface area contributed by atoms with Gasteiger partial charge in [0.25, 0.3) is 0 Å². The van der Waals surface area contributed by atoms with E-state index in [4.69, 9.17) is 9.84 Å². The van der Waals surface area contributed by atoms with Gasteiger partial charge in [-0.1, -0.05) is 12.1 Å². The fourth-order valence-corrected chi connectivity index (χ4v) is 2.22. The topological polar surface area (TPSA) is 41.5 Å². The van der Waals surface area contributed by atoms with E-state index >= 15 is 0 Å². The lowest BCUT2D eigenvalue weighted by molar-refractivity contribution is 0.201. The molecule has 1 heterocycles. The molecule has 0 aliphatic carbocycles. The van der Waals surface area contributed by atoms with E-state index in [2.05, 4.69) is 24.4 Å². The number of aliphatic hydroxyl groups is 1. The van der Waals surface area contributed by atoms with Crippen LogP contribution in [-0.4, -0.2) is 24.9 Å². The number of hydrogen-bond acceptors (Lipinski definition) is 3. The Balaban J connectivity index is 2.06. The lowest BCUT2D eigenvalue weighted by Crippen LogP contribution is -2.32. The summed E-state index contributed by atoms with van der Waals surface area (Å²) in [5.74, 6) is 0.819. The highest BCUT2D eigenvalue weighted by atomic mass is 16.5. The summed E-state index contributed by atoms with van der Waals surface area (Å²) >= 11 is 0. The highest BCUT2D eigenvalue weighted by molar-refractivity contribution is 5.32. The van der Waals surface area contributed by atoms with Gasteiger partial charge >= 0.3 is 0 Å². The van der Waals surface area contributed by atoms with E-state index in [1.165, 1.54) is 18.4 Å². The van der Waals surface area contributed by atoms with Crippen molar-refractivity contribution in [2.75, 3.05) is 19.8 Å². The average Bonchev–Trinajstić information content (AvgIpc) is 2.75. The lowest BCUT2D eigenvalue weighted by Gasteiger charge is -2.25. The predicted octanol–water partition coefficient (Wildman–Crippen LogP) is 1.66. The molecule has 2 N–H and O–H groups in total. The second-order valence-electron chi connectivity index (χ2n) is 4.46. The number of benzene rings is 1. The molecule has 1 saturated heterocycles. The highest BCUT2D eigenvalue weighted by Crippen LogP contribution is 2.31. The van der Waals surface area contributed by atoms with E-state index in [0.717, 1.165) is 12.3 Å². The maximum Gasteiger partial charge on any atom is 0.119 e. The number of nitrogens with one attached hydrogen (secondary N) is 1. The van der Waals surface area contributed by atoms with Gasteiger partial charge in [0.15, 0.2) is 0 Å². The highest BCUT2D eigenvalue weighted by Gasteiger charge is 2.29. The Hall–Kier alpha value is -1.06. The minimum absolute atomic E-state index is 0.0566. The van der Waals surface area contributed by atoms with Crippen molar-refractivity contribution in [2.24, 2.45) is 0 Å². The second kappa shape index (κ2) is 4.85. The summed E-state index contributed by atoms with van der Waals surface area (Å²) in [4.78, 5) is 0. The van der Waals surface area contributed by atoms with Gasteiger partial charge in [-0.25, -0.2) is 0 Å². The van der Waals surface area contributed by atoms with Crippen molar-refractivity contribution in [1.82, 2.24) is 5.32 Å². The summed E-state index contributed by atoms with van der Waals surface area (Å²) < 4.78 is 5.34. The molecule has 0 spiro atoms. The molecule has 2 rings (SSSR count). The molecule has 88 valence electrons. The van der Waals surface area contributed by atoms with E-state index < -0.39 is 0 Å². The first-order valence-electron chi connectivity index (χ1n) is 5.84. The van der Waals surface area contributed by atoms with E-state index in [1.54, 1.807) is 0 Å². The minimum atomic E-state index is 0.0566. The Morgan fingerprint density at radius 2 is 2.12 bits per heavy atom. The molecule has 16 heavy (non-hydrogen) atoms. The maximum atomic E-state index is 8.66. The minimum Gasteiger partial charge on any atom is -0.491 e. The van der Waals surface area contributed by atoms with Crippen LogP contribution >= 0.6 is 0 Å². The Morgan fingerprint density at radius 1 is 1.38 bits per heavy atom. The first kappa shape index (κ1) is 11.4. The molecule has 1 atom stereocenters. The van der Waals surface area contributed by atoms with Crippen LogP contribution < -0.4 is 10.1 Å². The zero-order valence-electron chi connectivity index (χ0n) is 9.70. The van der Waals surface area contributed by atoms with Gasteiger partial charge < -0.3 is 15.2 Å². The quantitative estimate of drug-likeness (QED) is 0.812. The number of rotatable bonds is 4. The molecule has 0 radical (unpaired) electrons. The zero-order chi connectivity index (χ0) is 11.4. The van der Waals surface area contributed by atoms with Crippen LogP contribution in [0.1, 0.15) is 25.3 Å². The molecule has 0 saturated carbocycles. The number of hydrogen-bond donors (Lipinski definition) is 2. The van der Waals surface area contributed by atoms with Crippen LogP contribution in [0.5, 0.6) is 5.75 Å². The maximum absolute atomic E-state index is 8.66. The van der Waals surface area contributed by atoms with Gasteiger partial charge in [-0.3, -0.25) is 0 Å². The molecule has 1 aromatic carbocycles. The Bertz CT molecular complexity index is 328. The normalized spacial score (nSPS) is 24.6. The summed E-state index contributed by atoms with van der Waals surface area (Å²) in [6.45, 7) is 3.75. The van der Waals surface area contributed by atoms with Crippen molar-refractivity contribution >= 4 is 0 Å². The molecule has 1 aromatic rings. The van der Waals surface area contributed by atoms with Gasteiger partial charge in [0.05, 0.1) is 6.61 Å². The Labute approximate surface area is 96.4 Å². The third kappa shape index (κ3) is 2.36. The van der Waals surface area contributed by atoms with E-state index in [1.807, 2.05) is 12.1 Å².